The first-order chi connectivity index (χ1) is 9.63. The van der Waals surface area contributed by atoms with Crippen molar-refractivity contribution in [2.24, 2.45) is 0 Å². The molecule has 0 aromatic rings. The van der Waals surface area contributed by atoms with Gasteiger partial charge in [0.2, 0.25) is 0 Å². The van der Waals surface area contributed by atoms with E-state index >= 15 is 0 Å². The number of likely N-dealkylation sites (tertiary alicyclic amines) is 1. The molecule has 1 aliphatic rings. The highest BCUT2D eigenvalue weighted by atomic mass is 15.2. The van der Waals surface area contributed by atoms with E-state index in [1.54, 1.807) is 0 Å². The normalized spacial score (nSPS) is 18.3. The molecule has 3 nitrogen and oxygen atoms in total. The second-order valence-corrected chi connectivity index (χ2v) is 6.67. The lowest BCUT2D eigenvalue weighted by Crippen LogP contribution is -2.43. The molecular weight excluding hydrogens is 246 g/mol. The van der Waals surface area contributed by atoms with E-state index < -0.39 is 0 Å². The third-order valence-corrected chi connectivity index (χ3v) is 4.62. The maximum absolute atomic E-state index is 3.49. The van der Waals surface area contributed by atoms with Crippen molar-refractivity contribution < 1.29 is 0 Å². The largest absolute Gasteiger partial charge is 0.315 e. The van der Waals surface area contributed by atoms with E-state index in [0.717, 1.165) is 6.04 Å². The summed E-state index contributed by atoms with van der Waals surface area (Å²) in [5, 5.41) is 3.49. The van der Waals surface area contributed by atoms with E-state index in [0.29, 0.717) is 6.04 Å². The van der Waals surface area contributed by atoms with Gasteiger partial charge >= 0.3 is 0 Å². The van der Waals surface area contributed by atoms with Crippen LogP contribution in [0, 0.1) is 0 Å². The van der Waals surface area contributed by atoms with E-state index in [-0.39, 0.29) is 0 Å². The molecule has 3 heteroatoms. The van der Waals surface area contributed by atoms with Crippen molar-refractivity contribution in [3.8, 4) is 0 Å². The molecule has 0 spiro atoms. The predicted octanol–water partition coefficient (Wildman–Crippen LogP) is 2.96. The van der Waals surface area contributed by atoms with Gasteiger partial charge in [0.25, 0.3) is 0 Å². The minimum atomic E-state index is 0.634. The van der Waals surface area contributed by atoms with Crippen LogP contribution in [0.3, 0.4) is 0 Å². The van der Waals surface area contributed by atoms with E-state index in [1.165, 1.54) is 71.2 Å². The monoisotopic (exact) mass is 283 g/mol. The second-order valence-electron chi connectivity index (χ2n) is 6.67. The maximum atomic E-state index is 3.49. The summed E-state index contributed by atoms with van der Waals surface area (Å²) in [6.45, 7) is 13.0. The Labute approximate surface area is 127 Å². The molecule has 0 saturated carbocycles. The van der Waals surface area contributed by atoms with Crippen molar-refractivity contribution in [2.75, 3.05) is 39.8 Å². The van der Waals surface area contributed by atoms with E-state index in [9.17, 15) is 0 Å². The van der Waals surface area contributed by atoms with E-state index in [2.05, 4.69) is 42.9 Å². The van der Waals surface area contributed by atoms with Gasteiger partial charge < -0.3 is 15.1 Å². The number of nitrogens with one attached hydrogen (secondary N) is 1. The standard InChI is InChI=1S/C17H37N3/c1-5-20-14-10-17(11-15-20)19(4)13-9-7-6-8-12-18-16(2)3/h16-18H,5-15H2,1-4H3. The summed E-state index contributed by atoms with van der Waals surface area (Å²) in [5.74, 6) is 0. The molecule has 1 aliphatic heterocycles. The summed E-state index contributed by atoms with van der Waals surface area (Å²) in [4.78, 5) is 5.19. The van der Waals surface area contributed by atoms with Gasteiger partial charge in [0, 0.05) is 12.1 Å². The molecule has 0 aromatic heterocycles. The summed E-state index contributed by atoms with van der Waals surface area (Å²) in [6.07, 6.45) is 8.19. The zero-order valence-corrected chi connectivity index (χ0v) is 14.3. The van der Waals surface area contributed by atoms with Crippen molar-refractivity contribution in [1.29, 1.82) is 0 Å². The molecule has 0 bridgehead atoms. The van der Waals surface area contributed by atoms with E-state index in [1.807, 2.05) is 0 Å². The molecular formula is C17H37N3. The van der Waals surface area contributed by atoms with Crippen LogP contribution < -0.4 is 5.32 Å². The molecule has 1 heterocycles. The molecule has 0 atom stereocenters. The fourth-order valence-corrected chi connectivity index (χ4v) is 3.09. The molecule has 0 aromatic carbocycles. The van der Waals surface area contributed by atoms with Crippen LogP contribution in [-0.4, -0.2) is 61.7 Å². The molecule has 20 heavy (non-hydrogen) atoms. The number of hydrogen-bond donors (Lipinski definition) is 1. The van der Waals surface area contributed by atoms with Crippen molar-refractivity contribution in [3.05, 3.63) is 0 Å². The molecule has 0 amide bonds. The predicted molar refractivity (Wildman–Crippen MR) is 89.4 cm³/mol. The van der Waals surface area contributed by atoms with Gasteiger partial charge in [-0.3, -0.25) is 0 Å². The molecule has 120 valence electrons. The van der Waals surface area contributed by atoms with Crippen molar-refractivity contribution in [1.82, 2.24) is 15.1 Å². The highest BCUT2D eigenvalue weighted by Gasteiger charge is 2.20. The zero-order valence-electron chi connectivity index (χ0n) is 14.3. The number of unbranched alkanes of at least 4 members (excludes halogenated alkanes) is 3. The number of piperidine rings is 1. The first-order valence-corrected chi connectivity index (χ1v) is 8.79. The minimum absolute atomic E-state index is 0.634. The zero-order chi connectivity index (χ0) is 14.8. The summed E-state index contributed by atoms with van der Waals surface area (Å²) in [6, 6.07) is 1.47. The van der Waals surface area contributed by atoms with Gasteiger partial charge in [-0.2, -0.15) is 0 Å². The fraction of sp³-hybridized carbons (Fsp3) is 1.00. The quantitative estimate of drug-likeness (QED) is 0.622. The first kappa shape index (κ1) is 17.9. The molecule has 0 radical (unpaired) electrons. The summed E-state index contributed by atoms with van der Waals surface area (Å²) < 4.78 is 0. The van der Waals surface area contributed by atoms with Gasteiger partial charge in [0.15, 0.2) is 0 Å². The highest BCUT2D eigenvalue weighted by molar-refractivity contribution is 4.77. The van der Waals surface area contributed by atoms with Crippen LogP contribution in [-0.2, 0) is 0 Å². The Morgan fingerprint density at radius 1 is 1.10 bits per heavy atom. The molecule has 0 unspecified atom stereocenters. The Hall–Kier alpha value is -0.120. The van der Waals surface area contributed by atoms with Crippen LogP contribution >= 0.6 is 0 Å². The molecule has 0 aliphatic carbocycles. The van der Waals surface area contributed by atoms with E-state index in [4.69, 9.17) is 0 Å². The summed E-state index contributed by atoms with van der Waals surface area (Å²) >= 11 is 0. The number of rotatable bonds is 10. The average molecular weight is 284 g/mol. The Bertz CT molecular complexity index is 222. The van der Waals surface area contributed by atoms with Gasteiger partial charge in [-0.25, -0.2) is 0 Å². The highest BCUT2D eigenvalue weighted by Crippen LogP contribution is 2.15. The van der Waals surface area contributed by atoms with Gasteiger partial charge in [-0.05, 0) is 65.5 Å². The Morgan fingerprint density at radius 2 is 1.75 bits per heavy atom. The van der Waals surface area contributed by atoms with Crippen LogP contribution in [0.5, 0.6) is 0 Å². The van der Waals surface area contributed by atoms with Crippen LogP contribution in [0.2, 0.25) is 0 Å². The third kappa shape index (κ3) is 7.61. The molecule has 1 rings (SSSR count). The van der Waals surface area contributed by atoms with Crippen molar-refractivity contribution in [3.63, 3.8) is 0 Å². The number of nitrogens with zero attached hydrogens (tertiary/aromatic N) is 2. The lowest BCUT2D eigenvalue weighted by atomic mass is 10.0. The molecule has 1 N–H and O–H groups in total. The van der Waals surface area contributed by atoms with Crippen molar-refractivity contribution in [2.45, 2.75) is 71.4 Å². The van der Waals surface area contributed by atoms with Crippen LogP contribution in [0.25, 0.3) is 0 Å². The second kappa shape index (κ2) is 10.6. The maximum Gasteiger partial charge on any atom is 0.0117 e. The van der Waals surface area contributed by atoms with Gasteiger partial charge in [-0.1, -0.05) is 33.6 Å². The fourth-order valence-electron chi connectivity index (χ4n) is 3.09. The van der Waals surface area contributed by atoms with Crippen LogP contribution in [0.15, 0.2) is 0 Å². The Balaban J connectivity index is 1.96. The lowest BCUT2D eigenvalue weighted by Gasteiger charge is -2.36. The number of hydrogen-bond acceptors (Lipinski definition) is 3. The summed E-state index contributed by atoms with van der Waals surface area (Å²) in [7, 11) is 2.33. The third-order valence-electron chi connectivity index (χ3n) is 4.62. The smallest absolute Gasteiger partial charge is 0.0117 e. The SMILES string of the molecule is CCN1CCC(N(C)CCCCCCNC(C)C)CC1. The minimum Gasteiger partial charge on any atom is -0.315 e. The van der Waals surface area contributed by atoms with Crippen LogP contribution in [0.1, 0.15) is 59.3 Å². The molecule has 1 saturated heterocycles. The molecule has 1 fully saturated rings. The van der Waals surface area contributed by atoms with Gasteiger partial charge in [-0.15, -0.1) is 0 Å². The van der Waals surface area contributed by atoms with Crippen LogP contribution in [0.4, 0.5) is 0 Å². The summed E-state index contributed by atoms with van der Waals surface area (Å²) in [5.41, 5.74) is 0. The average Bonchev–Trinajstić information content (AvgIpc) is 2.45. The van der Waals surface area contributed by atoms with Crippen molar-refractivity contribution >= 4 is 0 Å². The van der Waals surface area contributed by atoms with Gasteiger partial charge in [0.1, 0.15) is 0 Å². The Kier molecular flexibility index (Phi) is 9.49. The Morgan fingerprint density at radius 3 is 2.35 bits per heavy atom. The lowest BCUT2D eigenvalue weighted by molar-refractivity contribution is 0.130. The van der Waals surface area contributed by atoms with Gasteiger partial charge in [0.05, 0.1) is 0 Å². The topological polar surface area (TPSA) is 18.5 Å². The first-order valence-electron chi connectivity index (χ1n) is 8.79.